The van der Waals surface area contributed by atoms with Gasteiger partial charge in [-0.15, -0.1) is 0 Å². The highest BCUT2D eigenvalue weighted by Crippen LogP contribution is 2.38. The minimum atomic E-state index is 0.924. The number of H-pyrrole nitrogens is 1. The number of furan rings is 1. The van der Waals surface area contributed by atoms with Crippen LogP contribution in [0.25, 0.3) is 76.8 Å². The van der Waals surface area contributed by atoms with Crippen molar-refractivity contribution in [2.75, 3.05) is 0 Å². The zero-order valence-corrected chi connectivity index (χ0v) is 19.5. The molecule has 0 aliphatic carbocycles. The Labute approximate surface area is 207 Å². The van der Waals surface area contributed by atoms with E-state index in [1.165, 1.54) is 38.2 Å². The van der Waals surface area contributed by atoms with Crippen LogP contribution in [0, 0.1) is 0 Å². The Morgan fingerprint density at radius 3 is 2.19 bits per heavy atom. The normalized spacial score (nSPS) is 11.9. The van der Waals surface area contributed by atoms with E-state index in [-0.39, 0.29) is 0 Å². The van der Waals surface area contributed by atoms with Gasteiger partial charge in [0.1, 0.15) is 11.2 Å². The first kappa shape index (κ1) is 19.5. The molecule has 0 amide bonds. The highest BCUT2D eigenvalue weighted by Gasteiger charge is 2.13. The lowest BCUT2D eigenvalue weighted by molar-refractivity contribution is 0.670. The van der Waals surface area contributed by atoms with E-state index in [2.05, 4.69) is 114 Å². The molecule has 2 aromatic heterocycles. The van der Waals surface area contributed by atoms with Crippen molar-refractivity contribution in [2.24, 2.45) is 0 Å². The Balaban J connectivity index is 1.32. The van der Waals surface area contributed by atoms with E-state index in [1.54, 1.807) is 0 Å². The van der Waals surface area contributed by atoms with Gasteiger partial charge in [-0.3, -0.25) is 0 Å². The maximum Gasteiger partial charge on any atom is 0.143 e. The second-order valence-corrected chi connectivity index (χ2v) is 9.46. The van der Waals surface area contributed by atoms with Crippen molar-refractivity contribution < 1.29 is 4.42 Å². The standard InChI is InChI=1S/C34H21NO/c1-2-10-25-21(7-1)15-18-31-33(25)29-20-23(16-17-30(29)35-31)22-8-5-9-24(19-22)26-12-6-13-28-27-11-3-4-14-32(27)36-34(26)28/h1-20,35H. The summed E-state index contributed by atoms with van der Waals surface area (Å²) < 4.78 is 6.32. The molecule has 8 aromatic rings. The van der Waals surface area contributed by atoms with Gasteiger partial charge in [0.05, 0.1) is 0 Å². The van der Waals surface area contributed by atoms with Crippen LogP contribution in [-0.4, -0.2) is 4.98 Å². The summed E-state index contributed by atoms with van der Waals surface area (Å²) in [5, 5.41) is 7.39. The number of benzene rings is 6. The molecule has 2 heteroatoms. The van der Waals surface area contributed by atoms with Gasteiger partial charge in [-0.05, 0) is 57.8 Å². The van der Waals surface area contributed by atoms with E-state index < -0.39 is 0 Å². The summed E-state index contributed by atoms with van der Waals surface area (Å²) >= 11 is 0. The van der Waals surface area contributed by atoms with Crippen LogP contribution in [0.3, 0.4) is 0 Å². The summed E-state index contributed by atoms with van der Waals surface area (Å²) in [4.78, 5) is 3.61. The maximum atomic E-state index is 6.32. The molecule has 168 valence electrons. The number of aromatic nitrogens is 1. The molecule has 0 unspecified atom stereocenters. The Morgan fingerprint density at radius 2 is 1.22 bits per heavy atom. The molecule has 0 aliphatic heterocycles. The van der Waals surface area contributed by atoms with Crippen LogP contribution in [0.1, 0.15) is 0 Å². The maximum absolute atomic E-state index is 6.32. The summed E-state index contributed by atoms with van der Waals surface area (Å²) in [5.74, 6) is 0. The van der Waals surface area contributed by atoms with Gasteiger partial charge in [-0.1, -0.05) is 91.0 Å². The molecule has 0 bridgehead atoms. The van der Waals surface area contributed by atoms with E-state index in [0.29, 0.717) is 0 Å². The van der Waals surface area contributed by atoms with E-state index in [4.69, 9.17) is 4.42 Å². The van der Waals surface area contributed by atoms with Crippen LogP contribution >= 0.6 is 0 Å². The smallest absolute Gasteiger partial charge is 0.143 e. The number of para-hydroxylation sites is 2. The van der Waals surface area contributed by atoms with E-state index >= 15 is 0 Å². The van der Waals surface area contributed by atoms with Crippen LogP contribution in [0.4, 0.5) is 0 Å². The molecule has 1 N–H and O–H groups in total. The van der Waals surface area contributed by atoms with Gasteiger partial charge in [0.15, 0.2) is 0 Å². The van der Waals surface area contributed by atoms with Gasteiger partial charge >= 0.3 is 0 Å². The highest BCUT2D eigenvalue weighted by atomic mass is 16.3. The number of rotatable bonds is 2. The van der Waals surface area contributed by atoms with Crippen LogP contribution < -0.4 is 0 Å². The quantitative estimate of drug-likeness (QED) is 0.274. The van der Waals surface area contributed by atoms with Gasteiger partial charge in [-0.25, -0.2) is 0 Å². The number of hydrogen-bond donors (Lipinski definition) is 1. The van der Waals surface area contributed by atoms with Gasteiger partial charge in [0, 0.05) is 38.1 Å². The molecule has 6 aromatic carbocycles. The minimum Gasteiger partial charge on any atom is -0.455 e. The largest absolute Gasteiger partial charge is 0.455 e. The molecule has 0 spiro atoms. The van der Waals surface area contributed by atoms with Crippen LogP contribution in [0.2, 0.25) is 0 Å². The van der Waals surface area contributed by atoms with Crippen LogP contribution in [0.5, 0.6) is 0 Å². The zero-order valence-electron chi connectivity index (χ0n) is 19.5. The topological polar surface area (TPSA) is 28.9 Å². The third-order valence-corrected chi connectivity index (χ3v) is 7.40. The molecule has 0 radical (unpaired) electrons. The second kappa shape index (κ2) is 7.34. The predicted octanol–water partition coefficient (Wildman–Crippen LogP) is 9.71. The molecule has 0 atom stereocenters. The van der Waals surface area contributed by atoms with Crippen molar-refractivity contribution in [3.8, 4) is 22.3 Å². The first-order chi connectivity index (χ1) is 17.8. The predicted molar refractivity (Wildman–Crippen MR) is 151 cm³/mol. The molecule has 0 saturated heterocycles. The highest BCUT2D eigenvalue weighted by molar-refractivity contribution is 6.20. The fourth-order valence-electron chi connectivity index (χ4n) is 5.69. The lowest BCUT2D eigenvalue weighted by Gasteiger charge is -2.08. The first-order valence-electron chi connectivity index (χ1n) is 12.3. The summed E-state index contributed by atoms with van der Waals surface area (Å²) in [6.45, 7) is 0. The summed E-state index contributed by atoms with van der Waals surface area (Å²) in [5.41, 5.74) is 8.86. The lowest BCUT2D eigenvalue weighted by Crippen LogP contribution is -1.83. The van der Waals surface area contributed by atoms with Gasteiger partial charge in [0.25, 0.3) is 0 Å². The average Bonchev–Trinajstić information content (AvgIpc) is 3.51. The summed E-state index contributed by atoms with van der Waals surface area (Å²) in [6.07, 6.45) is 0. The fourth-order valence-corrected chi connectivity index (χ4v) is 5.69. The first-order valence-corrected chi connectivity index (χ1v) is 12.3. The number of hydrogen-bond acceptors (Lipinski definition) is 1. The van der Waals surface area contributed by atoms with Crippen LogP contribution in [-0.2, 0) is 0 Å². The lowest BCUT2D eigenvalue weighted by atomic mass is 9.96. The Morgan fingerprint density at radius 1 is 0.472 bits per heavy atom. The number of nitrogens with one attached hydrogen (secondary N) is 1. The van der Waals surface area contributed by atoms with Crippen molar-refractivity contribution in [1.29, 1.82) is 0 Å². The molecule has 8 rings (SSSR count). The third-order valence-electron chi connectivity index (χ3n) is 7.40. The monoisotopic (exact) mass is 459 g/mol. The molecule has 2 heterocycles. The molecular formula is C34H21NO. The van der Waals surface area contributed by atoms with E-state index in [9.17, 15) is 0 Å². The molecular weight excluding hydrogens is 438 g/mol. The van der Waals surface area contributed by atoms with E-state index in [0.717, 1.165) is 38.6 Å². The molecule has 36 heavy (non-hydrogen) atoms. The van der Waals surface area contributed by atoms with Gasteiger partial charge in [0.2, 0.25) is 0 Å². The van der Waals surface area contributed by atoms with Crippen molar-refractivity contribution in [3.63, 3.8) is 0 Å². The number of aromatic amines is 1. The fraction of sp³-hybridized carbons (Fsp3) is 0. The summed E-state index contributed by atoms with van der Waals surface area (Å²) in [7, 11) is 0. The van der Waals surface area contributed by atoms with Crippen LogP contribution in [0.15, 0.2) is 126 Å². The van der Waals surface area contributed by atoms with Gasteiger partial charge in [-0.2, -0.15) is 0 Å². The van der Waals surface area contributed by atoms with Gasteiger partial charge < -0.3 is 9.40 Å². The SMILES string of the molecule is c1cc(-c2ccc3[nH]c4ccc5ccccc5c4c3c2)cc(-c2cccc3c2oc2ccccc23)c1. The third kappa shape index (κ3) is 2.79. The summed E-state index contributed by atoms with van der Waals surface area (Å²) in [6, 6.07) is 43.2. The van der Waals surface area contributed by atoms with E-state index in [1.807, 2.05) is 12.1 Å². The van der Waals surface area contributed by atoms with Crippen molar-refractivity contribution >= 4 is 54.5 Å². The molecule has 0 fully saturated rings. The van der Waals surface area contributed by atoms with Crippen molar-refractivity contribution in [2.45, 2.75) is 0 Å². The Kier molecular flexibility index (Phi) is 3.97. The zero-order chi connectivity index (χ0) is 23.6. The molecule has 0 aliphatic rings. The average molecular weight is 460 g/mol. The second-order valence-electron chi connectivity index (χ2n) is 9.46. The molecule has 2 nitrogen and oxygen atoms in total. The number of fused-ring (bicyclic) bond motifs is 8. The van der Waals surface area contributed by atoms with Crippen molar-refractivity contribution in [1.82, 2.24) is 4.98 Å². The molecule has 0 saturated carbocycles. The van der Waals surface area contributed by atoms with Crippen molar-refractivity contribution in [3.05, 3.63) is 121 Å². The Hall–Kier alpha value is -4.82. The minimum absolute atomic E-state index is 0.924. The Bertz CT molecular complexity index is 2110.